The van der Waals surface area contributed by atoms with Crippen LogP contribution in [-0.4, -0.2) is 84.8 Å². The van der Waals surface area contributed by atoms with Crippen molar-refractivity contribution in [1.82, 2.24) is 19.4 Å². The number of fused-ring (bicyclic) bond motifs is 2. The number of aromatic amines is 1. The molecule has 1 atom stereocenters. The van der Waals surface area contributed by atoms with Gasteiger partial charge in [-0.3, -0.25) is 4.90 Å². The molecule has 1 unspecified atom stereocenters. The zero-order valence-corrected chi connectivity index (χ0v) is 29.6. The van der Waals surface area contributed by atoms with E-state index >= 15 is 0 Å². The van der Waals surface area contributed by atoms with Crippen molar-refractivity contribution in [1.29, 1.82) is 0 Å². The number of aromatic nitrogens is 2. The third-order valence-corrected chi connectivity index (χ3v) is 11.3. The van der Waals surface area contributed by atoms with Crippen LogP contribution in [0.4, 0.5) is 11.4 Å². The Kier molecular flexibility index (Phi) is 8.77. The molecule has 2 aliphatic rings. The second-order valence-corrected chi connectivity index (χ2v) is 16.0. The Labute approximate surface area is 272 Å². The van der Waals surface area contributed by atoms with Crippen LogP contribution in [-0.2, 0) is 17.9 Å². The number of piperidine rings is 1. The van der Waals surface area contributed by atoms with E-state index in [1.807, 2.05) is 0 Å². The maximum Gasteiger partial charge on any atom is 0.0501 e. The Morgan fingerprint density at radius 3 is 2.13 bits per heavy atom. The van der Waals surface area contributed by atoms with E-state index < -0.39 is 0 Å². The maximum atomic E-state index is 3.55. The summed E-state index contributed by atoms with van der Waals surface area (Å²) in [4.78, 5) is 14.0. The average molecular weight is 611 g/mol. The standard InChI is InChI=1S/C39H58N6/c1-28(43-20-22-45(23-21-43)37-26-29(38(2,3)4)25-35-33(37)14-17-42(35)9)10-15-39(5,6)30-24-34-32(11-16-40-34)36(27-30)44-18-12-31(13-19-44)41(7)8/h11,14,16-17,24-28,31,40H,10,12-13,15,18-23H2,1-9H3. The van der Waals surface area contributed by atoms with Crippen LogP contribution < -0.4 is 9.80 Å². The second-order valence-electron chi connectivity index (χ2n) is 16.0. The molecule has 0 spiro atoms. The van der Waals surface area contributed by atoms with Crippen molar-refractivity contribution < 1.29 is 0 Å². The Morgan fingerprint density at radius 2 is 1.47 bits per heavy atom. The van der Waals surface area contributed by atoms with Gasteiger partial charge in [0.1, 0.15) is 0 Å². The fraction of sp³-hybridized carbons (Fsp3) is 0.590. The van der Waals surface area contributed by atoms with E-state index in [1.165, 1.54) is 70.0 Å². The summed E-state index contributed by atoms with van der Waals surface area (Å²) in [7, 11) is 6.62. The predicted octanol–water partition coefficient (Wildman–Crippen LogP) is 7.76. The number of hydrogen-bond donors (Lipinski definition) is 1. The van der Waals surface area contributed by atoms with Crippen molar-refractivity contribution in [3.05, 3.63) is 59.9 Å². The molecule has 6 rings (SSSR count). The van der Waals surface area contributed by atoms with Gasteiger partial charge in [0.25, 0.3) is 0 Å². The van der Waals surface area contributed by atoms with Gasteiger partial charge >= 0.3 is 0 Å². The molecule has 244 valence electrons. The van der Waals surface area contributed by atoms with E-state index in [0.29, 0.717) is 12.1 Å². The van der Waals surface area contributed by atoms with Gasteiger partial charge in [-0.1, -0.05) is 34.6 Å². The molecule has 0 radical (unpaired) electrons. The number of nitrogens with one attached hydrogen (secondary N) is 1. The van der Waals surface area contributed by atoms with Crippen LogP contribution in [0.25, 0.3) is 21.8 Å². The highest BCUT2D eigenvalue weighted by molar-refractivity contribution is 5.94. The van der Waals surface area contributed by atoms with Gasteiger partial charge in [-0.15, -0.1) is 0 Å². The van der Waals surface area contributed by atoms with Crippen LogP contribution in [0, 0.1) is 0 Å². The lowest BCUT2D eigenvalue weighted by molar-refractivity contribution is 0.179. The van der Waals surface area contributed by atoms with Gasteiger partial charge in [0.2, 0.25) is 0 Å². The first-order valence-electron chi connectivity index (χ1n) is 17.4. The fourth-order valence-corrected chi connectivity index (χ4v) is 7.77. The number of H-pyrrole nitrogens is 1. The molecule has 45 heavy (non-hydrogen) atoms. The van der Waals surface area contributed by atoms with Crippen molar-refractivity contribution in [3.8, 4) is 0 Å². The topological polar surface area (TPSA) is 33.7 Å². The summed E-state index contributed by atoms with van der Waals surface area (Å²) in [6, 6.07) is 15.6. The molecule has 0 bridgehead atoms. The van der Waals surface area contributed by atoms with Crippen LogP contribution in [0.3, 0.4) is 0 Å². The molecule has 0 amide bonds. The highest BCUT2D eigenvalue weighted by Gasteiger charge is 2.29. The molecule has 2 fully saturated rings. The lowest BCUT2D eigenvalue weighted by Crippen LogP contribution is -2.50. The van der Waals surface area contributed by atoms with Crippen molar-refractivity contribution in [2.45, 2.75) is 90.1 Å². The second kappa shape index (κ2) is 12.3. The molecule has 2 aromatic carbocycles. The largest absolute Gasteiger partial charge is 0.371 e. The highest BCUT2D eigenvalue weighted by atomic mass is 15.3. The number of rotatable bonds is 8. The lowest BCUT2D eigenvalue weighted by Gasteiger charge is -2.40. The molecular formula is C39H58N6. The van der Waals surface area contributed by atoms with Gasteiger partial charge in [-0.25, -0.2) is 0 Å². The molecule has 2 aromatic heterocycles. The number of hydrogen-bond acceptors (Lipinski definition) is 4. The van der Waals surface area contributed by atoms with Gasteiger partial charge in [-0.2, -0.15) is 0 Å². The van der Waals surface area contributed by atoms with Gasteiger partial charge in [0.05, 0.1) is 5.52 Å². The Morgan fingerprint density at radius 1 is 0.822 bits per heavy atom. The zero-order chi connectivity index (χ0) is 32.1. The van der Waals surface area contributed by atoms with Crippen molar-refractivity contribution in [2.75, 3.05) is 63.2 Å². The van der Waals surface area contributed by atoms with Crippen LogP contribution in [0.2, 0.25) is 0 Å². The molecular weight excluding hydrogens is 552 g/mol. The summed E-state index contributed by atoms with van der Waals surface area (Å²) in [6.45, 7) is 21.0. The van der Waals surface area contributed by atoms with Crippen molar-refractivity contribution >= 4 is 33.2 Å². The van der Waals surface area contributed by atoms with E-state index in [-0.39, 0.29) is 10.8 Å². The molecule has 0 saturated carbocycles. The summed E-state index contributed by atoms with van der Waals surface area (Å²) in [5.74, 6) is 0. The van der Waals surface area contributed by atoms with Gasteiger partial charge in [0, 0.05) is 98.5 Å². The highest BCUT2D eigenvalue weighted by Crippen LogP contribution is 2.38. The predicted molar refractivity (Wildman–Crippen MR) is 194 cm³/mol. The summed E-state index contributed by atoms with van der Waals surface area (Å²) >= 11 is 0. The minimum atomic E-state index is 0.110. The molecule has 2 aliphatic heterocycles. The van der Waals surface area contributed by atoms with Gasteiger partial charge < -0.3 is 24.3 Å². The quantitative estimate of drug-likeness (QED) is 0.221. The normalized spacial score (nSPS) is 18.5. The van der Waals surface area contributed by atoms with Crippen molar-refractivity contribution in [2.24, 2.45) is 7.05 Å². The number of benzene rings is 2. The number of aryl methyl sites for hydroxylation is 1. The number of piperazine rings is 1. The Hall–Kier alpha value is -2.96. The van der Waals surface area contributed by atoms with Crippen LogP contribution in [0.15, 0.2) is 48.8 Å². The molecule has 4 heterocycles. The summed E-state index contributed by atoms with van der Waals surface area (Å²) in [5, 5.41) is 2.75. The van der Waals surface area contributed by atoms with E-state index in [0.717, 1.165) is 39.3 Å². The van der Waals surface area contributed by atoms with E-state index in [1.54, 1.807) is 0 Å². The first-order chi connectivity index (χ1) is 21.3. The third-order valence-electron chi connectivity index (χ3n) is 11.3. The summed E-state index contributed by atoms with van der Waals surface area (Å²) < 4.78 is 2.28. The maximum absolute atomic E-state index is 3.55. The molecule has 6 heteroatoms. The minimum absolute atomic E-state index is 0.110. The Bertz CT molecular complexity index is 1600. The van der Waals surface area contributed by atoms with E-state index in [4.69, 9.17) is 0 Å². The molecule has 1 N–H and O–H groups in total. The lowest BCUT2D eigenvalue weighted by atomic mass is 9.79. The van der Waals surface area contributed by atoms with Gasteiger partial charge in [-0.05, 0) is 105 Å². The zero-order valence-electron chi connectivity index (χ0n) is 29.6. The van der Waals surface area contributed by atoms with Crippen molar-refractivity contribution in [3.63, 3.8) is 0 Å². The average Bonchev–Trinajstić information content (AvgIpc) is 3.65. The minimum Gasteiger partial charge on any atom is -0.371 e. The molecule has 0 aliphatic carbocycles. The molecule has 2 saturated heterocycles. The smallest absolute Gasteiger partial charge is 0.0501 e. The van der Waals surface area contributed by atoms with Crippen LogP contribution in [0.1, 0.15) is 78.4 Å². The van der Waals surface area contributed by atoms with E-state index in [2.05, 4.69) is 141 Å². The van der Waals surface area contributed by atoms with E-state index in [9.17, 15) is 0 Å². The van der Waals surface area contributed by atoms with Gasteiger partial charge in [0.15, 0.2) is 0 Å². The SMILES string of the molecule is CC(CCC(C)(C)c1cc(N2CCC(N(C)C)CC2)c2cc[nH]c2c1)N1CCN(c2cc(C(C)(C)C)cc3c2ccn3C)CC1. The monoisotopic (exact) mass is 610 g/mol. The first kappa shape index (κ1) is 32.0. The number of nitrogens with zero attached hydrogens (tertiary/aromatic N) is 5. The number of anilines is 2. The molecule has 4 aromatic rings. The molecule has 6 nitrogen and oxygen atoms in total. The fourth-order valence-electron chi connectivity index (χ4n) is 7.77. The summed E-state index contributed by atoms with van der Waals surface area (Å²) in [5.41, 5.74) is 8.57. The third kappa shape index (κ3) is 6.51. The van der Waals surface area contributed by atoms with Crippen LogP contribution >= 0.6 is 0 Å². The summed E-state index contributed by atoms with van der Waals surface area (Å²) in [6.07, 6.45) is 9.18. The first-order valence-corrected chi connectivity index (χ1v) is 17.4. The van der Waals surface area contributed by atoms with Crippen LogP contribution in [0.5, 0.6) is 0 Å². The Balaban J connectivity index is 1.11.